The minimum atomic E-state index is -0.138. The summed E-state index contributed by atoms with van der Waals surface area (Å²) in [5.74, 6) is -0.138. The van der Waals surface area contributed by atoms with E-state index in [1.165, 1.54) is 4.90 Å². The van der Waals surface area contributed by atoms with Crippen LogP contribution in [0.15, 0.2) is 42.5 Å². The molecule has 1 amide bonds. The molecular weight excluding hydrogens is 274 g/mol. The summed E-state index contributed by atoms with van der Waals surface area (Å²) < 4.78 is 0. The van der Waals surface area contributed by atoms with Gasteiger partial charge in [-0.15, -0.1) is 0 Å². The van der Waals surface area contributed by atoms with Crippen molar-refractivity contribution in [3.8, 4) is 11.1 Å². The van der Waals surface area contributed by atoms with Crippen molar-refractivity contribution in [2.24, 2.45) is 0 Å². The van der Waals surface area contributed by atoms with E-state index in [0.29, 0.717) is 16.1 Å². The predicted molar refractivity (Wildman–Crippen MR) is 80.3 cm³/mol. The molecule has 0 aliphatic carbocycles. The van der Waals surface area contributed by atoms with Crippen LogP contribution >= 0.6 is 11.6 Å². The summed E-state index contributed by atoms with van der Waals surface area (Å²) in [5.41, 5.74) is 2.90. The van der Waals surface area contributed by atoms with Crippen LogP contribution in [0.1, 0.15) is 20.7 Å². The summed E-state index contributed by atoms with van der Waals surface area (Å²) in [5, 5.41) is 0.428. The lowest BCUT2D eigenvalue weighted by Crippen LogP contribution is -2.22. The summed E-state index contributed by atoms with van der Waals surface area (Å²) in [6.45, 7) is 0. The first-order valence-electron chi connectivity index (χ1n) is 6.09. The van der Waals surface area contributed by atoms with E-state index in [2.05, 4.69) is 0 Å². The first kappa shape index (κ1) is 14.3. The van der Waals surface area contributed by atoms with Crippen LogP contribution in [0.5, 0.6) is 0 Å². The molecule has 0 bridgehead atoms. The van der Waals surface area contributed by atoms with Crippen molar-refractivity contribution in [1.82, 2.24) is 4.90 Å². The normalized spacial score (nSPS) is 10.2. The van der Waals surface area contributed by atoms with Crippen LogP contribution < -0.4 is 0 Å². The average molecular weight is 288 g/mol. The number of hydrogen-bond donors (Lipinski definition) is 0. The standard InChI is InChI=1S/C16H14ClNO2/c1-18(2)16(20)14-9-13(7-8-15(14)17)12-5-3-11(10-19)4-6-12/h3-10H,1-2H3. The van der Waals surface area contributed by atoms with Crippen molar-refractivity contribution < 1.29 is 9.59 Å². The monoisotopic (exact) mass is 287 g/mol. The topological polar surface area (TPSA) is 37.4 Å². The highest BCUT2D eigenvalue weighted by molar-refractivity contribution is 6.34. The third-order valence-electron chi connectivity index (χ3n) is 2.98. The number of carbonyl (C=O) groups is 2. The van der Waals surface area contributed by atoms with Crippen LogP contribution in [0.25, 0.3) is 11.1 Å². The Balaban J connectivity index is 2.44. The Labute approximate surface area is 122 Å². The van der Waals surface area contributed by atoms with Gasteiger partial charge in [0.2, 0.25) is 0 Å². The maximum atomic E-state index is 12.0. The van der Waals surface area contributed by atoms with E-state index < -0.39 is 0 Å². The van der Waals surface area contributed by atoms with Crippen molar-refractivity contribution in [2.75, 3.05) is 14.1 Å². The summed E-state index contributed by atoms with van der Waals surface area (Å²) in [6.07, 6.45) is 0.798. The van der Waals surface area contributed by atoms with Crippen LogP contribution in [-0.4, -0.2) is 31.2 Å². The molecule has 102 valence electrons. The molecule has 4 heteroatoms. The highest BCUT2D eigenvalue weighted by Crippen LogP contribution is 2.26. The van der Waals surface area contributed by atoms with Crippen molar-refractivity contribution >= 4 is 23.8 Å². The quantitative estimate of drug-likeness (QED) is 0.810. The van der Waals surface area contributed by atoms with Gasteiger partial charge in [0.1, 0.15) is 6.29 Å². The lowest BCUT2D eigenvalue weighted by molar-refractivity contribution is 0.0827. The van der Waals surface area contributed by atoms with E-state index in [1.54, 1.807) is 38.4 Å². The van der Waals surface area contributed by atoms with Crippen molar-refractivity contribution in [3.63, 3.8) is 0 Å². The largest absolute Gasteiger partial charge is 0.345 e. The maximum absolute atomic E-state index is 12.0. The van der Waals surface area contributed by atoms with Gasteiger partial charge in [-0.25, -0.2) is 0 Å². The molecule has 0 atom stereocenters. The molecule has 2 aromatic rings. The van der Waals surface area contributed by atoms with Gasteiger partial charge in [-0.1, -0.05) is 41.9 Å². The van der Waals surface area contributed by atoms with Crippen LogP contribution in [0.4, 0.5) is 0 Å². The van der Waals surface area contributed by atoms with Gasteiger partial charge in [-0.3, -0.25) is 9.59 Å². The van der Waals surface area contributed by atoms with Crippen molar-refractivity contribution in [1.29, 1.82) is 0 Å². The number of rotatable bonds is 3. The highest BCUT2D eigenvalue weighted by atomic mass is 35.5. The zero-order valence-electron chi connectivity index (χ0n) is 11.3. The summed E-state index contributed by atoms with van der Waals surface area (Å²) in [4.78, 5) is 24.2. The Morgan fingerprint density at radius 2 is 1.65 bits per heavy atom. The molecule has 2 rings (SSSR count). The lowest BCUT2D eigenvalue weighted by Gasteiger charge is -2.13. The average Bonchev–Trinajstić information content (AvgIpc) is 2.47. The van der Waals surface area contributed by atoms with Gasteiger partial charge in [0, 0.05) is 19.7 Å². The number of halogens is 1. The number of nitrogens with zero attached hydrogens (tertiary/aromatic N) is 1. The molecule has 0 radical (unpaired) electrons. The summed E-state index contributed by atoms with van der Waals surface area (Å²) in [6, 6.07) is 12.5. The fraction of sp³-hybridized carbons (Fsp3) is 0.125. The first-order chi connectivity index (χ1) is 9.52. The Morgan fingerprint density at radius 3 is 2.20 bits per heavy atom. The van der Waals surface area contributed by atoms with E-state index in [4.69, 9.17) is 11.6 Å². The molecule has 3 nitrogen and oxygen atoms in total. The molecule has 0 aromatic heterocycles. The summed E-state index contributed by atoms with van der Waals surface area (Å²) in [7, 11) is 3.37. The maximum Gasteiger partial charge on any atom is 0.254 e. The van der Waals surface area contributed by atoms with E-state index in [1.807, 2.05) is 18.2 Å². The molecule has 0 aliphatic rings. The van der Waals surface area contributed by atoms with E-state index in [0.717, 1.165) is 17.4 Å². The first-order valence-corrected chi connectivity index (χ1v) is 6.47. The van der Waals surface area contributed by atoms with Crippen LogP contribution in [0.3, 0.4) is 0 Å². The Morgan fingerprint density at radius 1 is 1.05 bits per heavy atom. The van der Waals surface area contributed by atoms with Crippen LogP contribution in [0.2, 0.25) is 5.02 Å². The fourth-order valence-electron chi connectivity index (χ4n) is 1.86. The molecule has 0 heterocycles. The molecule has 0 aliphatic heterocycles. The minimum Gasteiger partial charge on any atom is -0.345 e. The molecule has 0 saturated heterocycles. The van der Waals surface area contributed by atoms with Crippen molar-refractivity contribution in [3.05, 3.63) is 58.6 Å². The van der Waals surface area contributed by atoms with Gasteiger partial charge in [0.05, 0.1) is 10.6 Å². The zero-order valence-corrected chi connectivity index (χ0v) is 12.0. The molecule has 20 heavy (non-hydrogen) atoms. The predicted octanol–water partition coefficient (Wildman–Crippen LogP) is 3.52. The number of aldehydes is 1. The zero-order chi connectivity index (χ0) is 14.7. The molecule has 2 aromatic carbocycles. The Kier molecular flexibility index (Phi) is 4.20. The second kappa shape index (κ2) is 5.88. The number of amides is 1. The van der Waals surface area contributed by atoms with E-state index in [-0.39, 0.29) is 5.91 Å². The van der Waals surface area contributed by atoms with Crippen LogP contribution in [0, 0.1) is 0 Å². The van der Waals surface area contributed by atoms with Crippen LogP contribution in [-0.2, 0) is 0 Å². The summed E-state index contributed by atoms with van der Waals surface area (Å²) >= 11 is 6.08. The second-order valence-corrected chi connectivity index (χ2v) is 5.04. The van der Waals surface area contributed by atoms with Gasteiger partial charge < -0.3 is 4.90 Å². The second-order valence-electron chi connectivity index (χ2n) is 4.63. The minimum absolute atomic E-state index is 0.138. The highest BCUT2D eigenvalue weighted by Gasteiger charge is 2.13. The molecular formula is C16H14ClNO2. The molecule has 0 saturated carbocycles. The number of carbonyl (C=O) groups excluding carboxylic acids is 2. The molecule has 0 N–H and O–H groups in total. The Bertz CT molecular complexity index is 648. The van der Waals surface area contributed by atoms with Crippen molar-refractivity contribution in [2.45, 2.75) is 0 Å². The third-order valence-corrected chi connectivity index (χ3v) is 3.31. The van der Waals surface area contributed by atoms with Gasteiger partial charge in [0.15, 0.2) is 0 Å². The van der Waals surface area contributed by atoms with Gasteiger partial charge in [0.25, 0.3) is 5.91 Å². The van der Waals surface area contributed by atoms with Gasteiger partial charge >= 0.3 is 0 Å². The Hall–Kier alpha value is -2.13. The van der Waals surface area contributed by atoms with Gasteiger partial charge in [-0.05, 0) is 23.3 Å². The van der Waals surface area contributed by atoms with Gasteiger partial charge in [-0.2, -0.15) is 0 Å². The molecule has 0 unspecified atom stereocenters. The fourth-order valence-corrected chi connectivity index (χ4v) is 2.06. The SMILES string of the molecule is CN(C)C(=O)c1cc(-c2ccc(C=O)cc2)ccc1Cl. The molecule has 0 fully saturated rings. The number of hydrogen-bond acceptors (Lipinski definition) is 2. The number of benzene rings is 2. The van der Waals surface area contributed by atoms with E-state index >= 15 is 0 Å². The lowest BCUT2D eigenvalue weighted by atomic mass is 10.0. The molecule has 0 spiro atoms. The van der Waals surface area contributed by atoms with E-state index in [9.17, 15) is 9.59 Å². The smallest absolute Gasteiger partial charge is 0.254 e. The third kappa shape index (κ3) is 2.89.